The van der Waals surface area contributed by atoms with Crippen LogP contribution in [-0.4, -0.2) is 22.5 Å². The van der Waals surface area contributed by atoms with Crippen LogP contribution < -0.4 is 10.7 Å². The van der Waals surface area contributed by atoms with Crippen LogP contribution in [0, 0.1) is 6.92 Å². The van der Waals surface area contributed by atoms with Gasteiger partial charge in [-0.1, -0.05) is 41.6 Å². The van der Waals surface area contributed by atoms with E-state index in [1.54, 1.807) is 13.0 Å². The van der Waals surface area contributed by atoms with Gasteiger partial charge in [-0.25, -0.2) is 0 Å². The third kappa shape index (κ3) is 4.41. The number of rotatable bonds is 5. The molecular formula is C17H18N4O2. The first-order chi connectivity index (χ1) is 11.1. The fourth-order valence-electron chi connectivity index (χ4n) is 1.89. The molecule has 118 valence electrons. The van der Waals surface area contributed by atoms with E-state index in [2.05, 4.69) is 21.0 Å². The van der Waals surface area contributed by atoms with Gasteiger partial charge in [0.1, 0.15) is 0 Å². The van der Waals surface area contributed by atoms with Crippen LogP contribution in [0.5, 0.6) is 0 Å². The maximum Gasteiger partial charge on any atom is 0.279 e. The highest BCUT2D eigenvalue weighted by molar-refractivity contribution is 6.68. The molecule has 0 aliphatic carbocycles. The highest BCUT2D eigenvalue weighted by atomic mass is 16.4. The number of oxime groups is 1. The Morgan fingerprint density at radius 3 is 2.35 bits per heavy atom. The third-order valence-corrected chi connectivity index (χ3v) is 3.18. The molecule has 1 amide bonds. The van der Waals surface area contributed by atoms with Gasteiger partial charge < -0.3 is 10.5 Å². The number of carbonyl (C=O) groups is 1. The van der Waals surface area contributed by atoms with Crippen LogP contribution in [0.2, 0.25) is 0 Å². The summed E-state index contributed by atoms with van der Waals surface area (Å²) >= 11 is 0. The zero-order valence-electron chi connectivity index (χ0n) is 12.9. The molecule has 0 fully saturated rings. The molecule has 0 atom stereocenters. The molecule has 0 aliphatic heterocycles. The van der Waals surface area contributed by atoms with Crippen LogP contribution >= 0.6 is 0 Å². The quantitative estimate of drug-likeness (QED) is 0.450. The summed E-state index contributed by atoms with van der Waals surface area (Å²) in [6, 6.07) is 16.6. The third-order valence-electron chi connectivity index (χ3n) is 3.18. The fraction of sp³-hybridized carbons (Fsp3) is 0.118. The van der Waals surface area contributed by atoms with Gasteiger partial charge in [0.05, 0.1) is 11.4 Å². The molecule has 0 aliphatic rings. The Labute approximate surface area is 134 Å². The monoisotopic (exact) mass is 310 g/mol. The summed E-state index contributed by atoms with van der Waals surface area (Å²) in [5.74, 6) is -0.530. The number of benzene rings is 2. The number of hydrazone groups is 1. The maximum atomic E-state index is 12.2. The highest BCUT2D eigenvalue weighted by Gasteiger charge is 2.16. The van der Waals surface area contributed by atoms with Crippen LogP contribution in [0.1, 0.15) is 12.5 Å². The van der Waals surface area contributed by atoms with Gasteiger partial charge in [-0.2, -0.15) is 5.10 Å². The van der Waals surface area contributed by atoms with Gasteiger partial charge in [0.25, 0.3) is 5.91 Å². The first kappa shape index (κ1) is 16.2. The number of amides is 1. The van der Waals surface area contributed by atoms with Crippen LogP contribution in [0.25, 0.3) is 0 Å². The molecule has 23 heavy (non-hydrogen) atoms. The predicted molar refractivity (Wildman–Crippen MR) is 92.2 cm³/mol. The Morgan fingerprint density at radius 2 is 1.70 bits per heavy atom. The Hall–Kier alpha value is -3.15. The van der Waals surface area contributed by atoms with Crippen molar-refractivity contribution in [2.75, 3.05) is 10.7 Å². The van der Waals surface area contributed by atoms with Crippen molar-refractivity contribution in [3.8, 4) is 0 Å². The number of hydrogen-bond acceptors (Lipinski definition) is 5. The molecule has 0 aromatic heterocycles. The van der Waals surface area contributed by atoms with Crippen LogP contribution in [0.4, 0.5) is 11.4 Å². The SMILES string of the molecule is CC(=N\Nc1ccccc1)/C(=N\O)C(=O)Nc1ccccc1C. The fourth-order valence-corrected chi connectivity index (χ4v) is 1.89. The lowest BCUT2D eigenvalue weighted by atomic mass is 10.2. The first-order valence-electron chi connectivity index (χ1n) is 7.06. The van der Waals surface area contributed by atoms with E-state index in [1.165, 1.54) is 0 Å². The molecule has 3 N–H and O–H groups in total. The van der Waals surface area contributed by atoms with Crippen molar-refractivity contribution < 1.29 is 10.0 Å². The molecule has 2 aromatic carbocycles. The summed E-state index contributed by atoms with van der Waals surface area (Å²) in [5.41, 5.74) is 5.25. The topological polar surface area (TPSA) is 86.1 Å². The minimum atomic E-state index is -0.530. The second kappa shape index (κ2) is 7.74. The van der Waals surface area contributed by atoms with Gasteiger partial charge >= 0.3 is 0 Å². The van der Waals surface area contributed by atoms with Crippen molar-refractivity contribution in [2.24, 2.45) is 10.3 Å². The number of para-hydroxylation sites is 2. The summed E-state index contributed by atoms with van der Waals surface area (Å²) in [6.07, 6.45) is 0. The van der Waals surface area contributed by atoms with E-state index in [1.807, 2.05) is 55.5 Å². The van der Waals surface area contributed by atoms with Gasteiger partial charge in [0.2, 0.25) is 0 Å². The lowest BCUT2D eigenvalue weighted by Crippen LogP contribution is -2.29. The lowest BCUT2D eigenvalue weighted by molar-refractivity contribution is -0.110. The van der Waals surface area contributed by atoms with E-state index in [4.69, 9.17) is 5.21 Å². The molecule has 2 rings (SSSR count). The van der Waals surface area contributed by atoms with Crippen molar-refractivity contribution >= 4 is 28.7 Å². The van der Waals surface area contributed by atoms with E-state index in [-0.39, 0.29) is 11.4 Å². The summed E-state index contributed by atoms with van der Waals surface area (Å²) in [5, 5.41) is 19.0. The number of carbonyl (C=O) groups excluding carboxylic acids is 1. The molecule has 0 radical (unpaired) electrons. The highest BCUT2D eigenvalue weighted by Crippen LogP contribution is 2.13. The second-order valence-electron chi connectivity index (χ2n) is 4.89. The number of hydrogen-bond donors (Lipinski definition) is 3. The number of nitrogens with zero attached hydrogens (tertiary/aromatic N) is 2. The molecule has 6 heteroatoms. The zero-order chi connectivity index (χ0) is 16.7. The molecule has 0 saturated carbocycles. The van der Waals surface area contributed by atoms with Gasteiger partial charge in [0.15, 0.2) is 5.71 Å². The van der Waals surface area contributed by atoms with Crippen molar-refractivity contribution in [3.63, 3.8) is 0 Å². The summed E-state index contributed by atoms with van der Waals surface area (Å²) in [7, 11) is 0. The minimum absolute atomic E-state index is 0.156. The number of anilines is 2. The molecule has 6 nitrogen and oxygen atoms in total. The molecule has 2 aromatic rings. The van der Waals surface area contributed by atoms with E-state index < -0.39 is 5.91 Å². The molecule has 0 bridgehead atoms. The summed E-state index contributed by atoms with van der Waals surface area (Å²) in [6.45, 7) is 3.46. The van der Waals surface area contributed by atoms with Crippen molar-refractivity contribution in [2.45, 2.75) is 13.8 Å². The number of nitrogens with one attached hydrogen (secondary N) is 2. The van der Waals surface area contributed by atoms with Crippen LogP contribution in [0.15, 0.2) is 64.9 Å². The van der Waals surface area contributed by atoms with E-state index in [0.29, 0.717) is 5.69 Å². The standard InChI is InChI=1S/C17H18N4O2/c1-12-8-6-7-11-15(12)18-17(22)16(21-23)13(2)19-20-14-9-4-3-5-10-14/h3-11,20,23H,1-2H3,(H,18,22)/b19-13+,21-16+. The molecule has 0 spiro atoms. The summed E-state index contributed by atoms with van der Waals surface area (Å²) < 4.78 is 0. The Bertz CT molecular complexity index is 739. The Morgan fingerprint density at radius 1 is 1.04 bits per heavy atom. The zero-order valence-corrected chi connectivity index (χ0v) is 12.9. The lowest BCUT2D eigenvalue weighted by Gasteiger charge is -2.09. The van der Waals surface area contributed by atoms with Gasteiger partial charge in [0, 0.05) is 5.69 Å². The molecular weight excluding hydrogens is 292 g/mol. The smallest absolute Gasteiger partial charge is 0.279 e. The van der Waals surface area contributed by atoms with E-state index in [9.17, 15) is 4.79 Å². The van der Waals surface area contributed by atoms with Gasteiger partial charge in [-0.3, -0.25) is 10.2 Å². The summed E-state index contributed by atoms with van der Waals surface area (Å²) in [4.78, 5) is 12.2. The Kier molecular flexibility index (Phi) is 5.46. The number of aryl methyl sites for hydroxylation is 1. The van der Waals surface area contributed by atoms with Crippen molar-refractivity contribution in [3.05, 3.63) is 60.2 Å². The molecule has 0 heterocycles. The second-order valence-corrected chi connectivity index (χ2v) is 4.89. The molecule has 0 saturated heterocycles. The van der Waals surface area contributed by atoms with Crippen molar-refractivity contribution in [1.82, 2.24) is 0 Å². The van der Waals surface area contributed by atoms with Crippen molar-refractivity contribution in [1.29, 1.82) is 0 Å². The maximum absolute atomic E-state index is 12.2. The molecule has 0 unspecified atom stereocenters. The van der Waals surface area contributed by atoms with Gasteiger partial charge in [-0.05, 0) is 37.6 Å². The van der Waals surface area contributed by atoms with Crippen LogP contribution in [0.3, 0.4) is 0 Å². The minimum Gasteiger partial charge on any atom is -0.410 e. The average molecular weight is 310 g/mol. The van der Waals surface area contributed by atoms with E-state index in [0.717, 1.165) is 11.3 Å². The Balaban J connectivity index is 2.09. The normalized spacial score (nSPS) is 11.9. The van der Waals surface area contributed by atoms with Gasteiger partial charge in [-0.15, -0.1) is 0 Å². The average Bonchev–Trinajstić information content (AvgIpc) is 2.57. The van der Waals surface area contributed by atoms with Crippen LogP contribution in [-0.2, 0) is 4.79 Å². The predicted octanol–water partition coefficient (Wildman–Crippen LogP) is 3.25. The largest absolute Gasteiger partial charge is 0.410 e. The van der Waals surface area contributed by atoms with E-state index >= 15 is 0 Å². The first-order valence-corrected chi connectivity index (χ1v) is 7.06.